The first-order valence-corrected chi connectivity index (χ1v) is 9.57. The molecule has 4 rings (SSSR count). The summed E-state index contributed by atoms with van der Waals surface area (Å²) in [5.74, 6) is 0.310. The molecule has 0 saturated carbocycles. The Labute approximate surface area is 154 Å². The second kappa shape index (κ2) is 6.52. The Morgan fingerprint density at radius 1 is 1.38 bits per heavy atom. The fourth-order valence-corrected chi connectivity index (χ4v) is 4.60. The van der Waals surface area contributed by atoms with E-state index in [9.17, 15) is 4.79 Å². The summed E-state index contributed by atoms with van der Waals surface area (Å²) in [6, 6.07) is 6.30. The Morgan fingerprint density at radius 2 is 2.25 bits per heavy atom. The topological polar surface area (TPSA) is 49.0 Å². The number of aryl methyl sites for hydroxylation is 1. The number of H-pyrrole nitrogens is 1. The lowest BCUT2D eigenvalue weighted by Gasteiger charge is -2.31. The molecule has 1 aromatic carbocycles. The number of carbonyl (C=O) groups excluding carboxylic acids is 1. The third kappa shape index (κ3) is 3.00. The van der Waals surface area contributed by atoms with Crippen LogP contribution in [0.2, 0.25) is 5.02 Å². The lowest BCUT2D eigenvalue weighted by molar-refractivity contribution is -0.129. The highest BCUT2D eigenvalue weighted by Gasteiger charge is 2.32. The van der Waals surface area contributed by atoms with Crippen LogP contribution in [0.3, 0.4) is 0 Å². The Bertz CT molecular complexity index is 789. The second-order valence-electron chi connectivity index (χ2n) is 6.63. The molecule has 1 amide bonds. The van der Waals surface area contributed by atoms with Crippen molar-refractivity contribution in [2.75, 3.05) is 6.54 Å². The van der Waals surface area contributed by atoms with Gasteiger partial charge in [-0.05, 0) is 48.9 Å². The third-order valence-electron chi connectivity index (χ3n) is 5.13. The first kappa shape index (κ1) is 16.2. The summed E-state index contributed by atoms with van der Waals surface area (Å²) in [6.07, 6.45) is 5.30. The van der Waals surface area contributed by atoms with Gasteiger partial charge < -0.3 is 4.90 Å². The molecule has 24 heavy (non-hydrogen) atoms. The molecule has 1 fully saturated rings. The van der Waals surface area contributed by atoms with Crippen molar-refractivity contribution in [3.63, 3.8) is 0 Å². The van der Waals surface area contributed by atoms with Gasteiger partial charge in [0.15, 0.2) is 0 Å². The number of benzene rings is 1. The molecule has 1 unspecified atom stereocenters. The molecule has 4 nitrogen and oxygen atoms in total. The molecular weight excluding hydrogens is 390 g/mol. The van der Waals surface area contributed by atoms with Gasteiger partial charge in [-0.3, -0.25) is 9.89 Å². The molecule has 0 radical (unpaired) electrons. The van der Waals surface area contributed by atoms with Crippen molar-refractivity contribution in [2.45, 2.75) is 44.6 Å². The number of aromatic amines is 1. The summed E-state index contributed by atoms with van der Waals surface area (Å²) in [5, 5.41) is 8.46. The van der Waals surface area contributed by atoms with Crippen molar-refractivity contribution < 1.29 is 4.79 Å². The Balaban J connectivity index is 1.57. The molecule has 1 N–H and O–H groups in total. The standard InChI is InChI=1S/C18H19BrClN3O/c19-12-4-3-11(15(20)9-12)8-17-14-10-13(5-6-16(14)21-22-17)23-7-1-2-18(23)24/h3-4,9,13H,1-2,5-8,10H2,(H,21,22). The number of carbonyl (C=O) groups is 1. The molecule has 126 valence electrons. The van der Waals surface area contributed by atoms with E-state index in [0.717, 1.165) is 65.1 Å². The van der Waals surface area contributed by atoms with Crippen molar-refractivity contribution in [2.24, 2.45) is 0 Å². The fourth-order valence-electron chi connectivity index (χ4n) is 3.86. The predicted molar refractivity (Wildman–Crippen MR) is 97.3 cm³/mol. The van der Waals surface area contributed by atoms with Gasteiger partial charge in [0.25, 0.3) is 0 Å². The van der Waals surface area contributed by atoms with Crippen LogP contribution in [0.15, 0.2) is 22.7 Å². The summed E-state index contributed by atoms with van der Waals surface area (Å²) in [7, 11) is 0. The summed E-state index contributed by atoms with van der Waals surface area (Å²) in [6.45, 7) is 0.907. The summed E-state index contributed by atoms with van der Waals surface area (Å²) in [4.78, 5) is 14.1. The van der Waals surface area contributed by atoms with E-state index in [-0.39, 0.29) is 0 Å². The van der Waals surface area contributed by atoms with Gasteiger partial charge in [0.05, 0.1) is 5.69 Å². The van der Waals surface area contributed by atoms with Gasteiger partial charge in [0, 0.05) is 40.6 Å². The van der Waals surface area contributed by atoms with E-state index in [1.807, 2.05) is 18.2 Å². The van der Waals surface area contributed by atoms with E-state index in [0.29, 0.717) is 18.4 Å². The molecule has 0 bridgehead atoms. The Kier molecular flexibility index (Phi) is 4.39. The monoisotopic (exact) mass is 407 g/mol. The molecule has 6 heteroatoms. The van der Waals surface area contributed by atoms with Gasteiger partial charge in [-0.25, -0.2) is 0 Å². The highest BCUT2D eigenvalue weighted by Crippen LogP contribution is 2.30. The number of aromatic nitrogens is 2. The number of halogens is 2. The van der Waals surface area contributed by atoms with Gasteiger partial charge in [-0.2, -0.15) is 5.10 Å². The molecule has 1 saturated heterocycles. The number of rotatable bonds is 3. The zero-order valence-electron chi connectivity index (χ0n) is 13.3. The van der Waals surface area contributed by atoms with E-state index >= 15 is 0 Å². The Morgan fingerprint density at radius 3 is 3.00 bits per heavy atom. The zero-order chi connectivity index (χ0) is 16.7. The minimum atomic E-state index is 0.310. The molecule has 1 aliphatic carbocycles. The number of amides is 1. The molecule has 1 aliphatic heterocycles. The van der Waals surface area contributed by atoms with Gasteiger partial charge in [0.1, 0.15) is 0 Å². The summed E-state index contributed by atoms with van der Waals surface area (Å²) >= 11 is 9.81. The number of likely N-dealkylation sites (tertiary alicyclic amines) is 1. The lowest BCUT2D eigenvalue weighted by Crippen LogP contribution is -2.40. The maximum atomic E-state index is 12.1. The lowest BCUT2D eigenvalue weighted by atomic mass is 9.89. The van der Waals surface area contributed by atoms with Crippen LogP contribution >= 0.6 is 27.5 Å². The summed E-state index contributed by atoms with van der Waals surface area (Å²) < 4.78 is 0.982. The molecule has 0 spiro atoms. The van der Waals surface area contributed by atoms with E-state index in [1.165, 1.54) is 5.56 Å². The highest BCUT2D eigenvalue weighted by molar-refractivity contribution is 9.10. The molecule has 2 aliphatic rings. The highest BCUT2D eigenvalue weighted by atomic mass is 79.9. The fraction of sp³-hybridized carbons (Fsp3) is 0.444. The Hall–Kier alpha value is -1.33. The largest absolute Gasteiger partial charge is 0.339 e. The molecule has 1 aromatic heterocycles. The number of nitrogens with zero attached hydrogens (tertiary/aromatic N) is 2. The predicted octanol–water partition coefficient (Wildman–Crippen LogP) is 3.90. The van der Waals surface area contributed by atoms with Gasteiger partial charge >= 0.3 is 0 Å². The van der Waals surface area contributed by atoms with Crippen molar-refractivity contribution in [1.29, 1.82) is 0 Å². The molecule has 2 aromatic rings. The van der Waals surface area contributed by atoms with Crippen LogP contribution in [-0.4, -0.2) is 33.6 Å². The molecular formula is C18H19BrClN3O. The van der Waals surface area contributed by atoms with Crippen LogP contribution in [0.25, 0.3) is 0 Å². The van der Waals surface area contributed by atoms with Crippen molar-refractivity contribution >= 4 is 33.4 Å². The van der Waals surface area contributed by atoms with Crippen LogP contribution in [0, 0.1) is 0 Å². The number of hydrogen-bond donors (Lipinski definition) is 1. The average molecular weight is 409 g/mol. The SMILES string of the molecule is O=C1CCCN1C1CCc2n[nH]c(Cc3ccc(Br)cc3Cl)c2C1. The summed E-state index contributed by atoms with van der Waals surface area (Å²) in [5.41, 5.74) is 4.65. The first-order valence-electron chi connectivity index (χ1n) is 8.40. The minimum Gasteiger partial charge on any atom is -0.339 e. The van der Waals surface area contributed by atoms with E-state index in [4.69, 9.17) is 11.6 Å². The van der Waals surface area contributed by atoms with Crippen molar-refractivity contribution in [3.05, 3.63) is 50.2 Å². The van der Waals surface area contributed by atoms with Crippen LogP contribution in [0.5, 0.6) is 0 Å². The van der Waals surface area contributed by atoms with E-state index < -0.39 is 0 Å². The first-order chi connectivity index (χ1) is 11.6. The van der Waals surface area contributed by atoms with Gasteiger partial charge in [0.2, 0.25) is 5.91 Å². The van der Waals surface area contributed by atoms with E-state index in [2.05, 4.69) is 31.0 Å². The minimum absolute atomic E-state index is 0.310. The molecule has 1 atom stereocenters. The van der Waals surface area contributed by atoms with Crippen LogP contribution in [0.4, 0.5) is 0 Å². The van der Waals surface area contributed by atoms with Crippen LogP contribution < -0.4 is 0 Å². The van der Waals surface area contributed by atoms with Crippen molar-refractivity contribution in [1.82, 2.24) is 15.1 Å². The van der Waals surface area contributed by atoms with Crippen LogP contribution in [-0.2, 0) is 24.1 Å². The van der Waals surface area contributed by atoms with Gasteiger partial charge in [-0.15, -0.1) is 0 Å². The zero-order valence-corrected chi connectivity index (χ0v) is 15.7. The van der Waals surface area contributed by atoms with Gasteiger partial charge in [-0.1, -0.05) is 33.6 Å². The third-order valence-corrected chi connectivity index (χ3v) is 5.97. The maximum Gasteiger partial charge on any atom is 0.222 e. The number of fused-ring (bicyclic) bond motifs is 1. The normalized spacial score (nSPS) is 20.5. The number of nitrogens with one attached hydrogen (secondary N) is 1. The second-order valence-corrected chi connectivity index (χ2v) is 7.95. The van der Waals surface area contributed by atoms with Crippen molar-refractivity contribution in [3.8, 4) is 0 Å². The molecule has 2 heterocycles. The quantitative estimate of drug-likeness (QED) is 0.837. The number of hydrogen-bond acceptors (Lipinski definition) is 2. The maximum absolute atomic E-state index is 12.1. The van der Waals surface area contributed by atoms with E-state index in [1.54, 1.807) is 0 Å². The van der Waals surface area contributed by atoms with Crippen LogP contribution in [0.1, 0.15) is 41.8 Å². The smallest absolute Gasteiger partial charge is 0.222 e. The average Bonchev–Trinajstić information content (AvgIpc) is 3.16.